The zero-order valence-electron chi connectivity index (χ0n) is 14.5. The van der Waals surface area contributed by atoms with Crippen LogP contribution in [0.1, 0.15) is 46.5 Å². The molecule has 7 nitrogen and oxygen atoms in total. The molecule has 1 atom stereocenters. The summed E-state index contributed by atoms with van der Waals surface area (Å²) in [6.45, 7) is 7.02. The Balaban J connectivity index is 2.42. The van der Waals surface area contributed by atoms with Crippen molar-refractivity contribution in [2.75, 3.05) is 20.1 Å². The fourth-order valence-electron chi connectivity index (χ4n) is 2.81. The monoisotopic (exact) mass is 328 g/mol. The van der Waals surface area contributed by atoms with Gasteiger partial charge in [-0.15, -0.1) is 0 Å². The van der Waals surface area contributed by atoms with Gasteiger partial charge in [0.1, 0.15) is 5.60 Å². The van der Waals surface area contributed by atoms with E-state index in [1.165, 1.54) is 0 Å². The molecule has 0 radical (unpaired) electrons. The minimum Gasteiger partial charge on any atom is -0.444 e. The molecule has 1 aliphatic heterocycles. The lowest BCUT2D eigenvalue weighted by atomic mass is 9.87. The van der Waals surface area contributed by atoms with E-state index in [1.54, 1.807) is 4.90 Å². The van der Waals surface area contributed by atoms with Gasteiger partial charge in [-0.1, -0.05) is 0 Å². The number of rotatable bonds is 6. The molecule has 0 aromatic carbocycles. The lowest BCUT2D eigenvalue weighted by Crippen LogP contribution is -2.46. The number of piperidine rings is 1. The van der Waals surface area contributed by atoms with Gasteiger partial charge < -0.3 is 19.7 Å². The topological polar surface area (TPSA) is 84.9 Å². The van der Waals surface area contributed by atoms with Crippen LogP contribution < -0.4 is 5.32 Å². The van der Waals surface area contributed by atoms with Gasteiger partial charge in [-0.3, -0.25) is 9.59 Å². The van der Waals surface area contributed by atoms with Crippen LogP contribution in [-0.4, -0.2) is 55.2 Å². The SMILES string of the molecule is CNC(CCC(=O)OC=O)C1CCN(C(=O)OC(C)(C)C)CC1. The van der Waals surface area contributed by atoms with Crippen molar-refractivity contribution in [1.82, 2.24) is 10.2 Å². The standard InChI is InChI=1S/C16H28N2O5/c1-16(2,3)23-15(21)18-9-7-12(8-10-18)13(17-4)5-6-14(20)22-11-19/h11-13,17H,5-10H2,1-4H3. The molecule has 0 spiro atoms. The van der Waals surface area contributed by atoms with Gasteiger partial charge in [-0.2, -0.15) is 0 Å². The Morgan fingerprint density at radius 1 is 1.30 bits per heavy atom. The van der Waals surface area contributed by atoms with E-state index in [-0.39, 0.29) is 25.0 Å². The quantitative estimate of drug-likeness (QED) is 0.454. The fraction of sp³-hybridized carbons (Fsp3) is 0.812. The highest BCUT2D eigenvalue weighted by molar-refractivity contribution is 5.76. The normalized spacial score (nSPS) is 17.5. The summed E-state index contributed by atoms with van der Waals surface area (Å²) in [5, 5.41) is 3.22. The first-order valence-corrected chi connectivity index (χ1v) is 8.05. The second-order valence-electron chi connectivity index (χ2n) is 6.82. The molecule has 7 heteroatoms. The molecule has 0 bridgehead atoms. The Kier molecular flexibility index (Phi) is 7.48. The molecule has 1 amide bonds. The minimum absolute atomic E-state index is 0.162. The van der Waals surface area contributed by atoms with Crippen molar-refractivity contribution in [3.63, 3.8) is 0 Å². The number of hydrogen-bond acceptors (Lipinski definition) is 6. The van der Waals surface area contributed by atoms with Crippen molar-refractivity contribution < 1.29 is 23.9 Å². The Labute approximate surface area is 137 Å². The van der Waals surface area contributed by atoms with Gasteiger partial charge in [0.2, 0.25) is 0 Å². The van der Waals surface area contributed by atoms with E-state index in [0.717, 1.165) is 12.8 Å². The Morgan fingerprint density at radius 3 is 2.39 bits per heavy atom. The van der Waals surface area contributed by atoms with Crippen LogP contribution in [0.3, 0.4) is 0 Å². The first-order valence-electron chi connectivity index (χ1n) is 8.05. The number of nitrogens with zero attached hydrogens (tertiary/aromatic N) is 1. The second kappa shape index (κ2) is 8.86. The smallest absolute Gasteiger partial charge is 0.410 e. The van der Waals surface area contributed by atoms with Crippen molar-refractivity contribution >= 4 is 18.5 Å². The van der Waals surface area contributed by atoms with Crippen LogP contribution >= 0.6 is 0 Å². The van der Waals surface area contributed by atoms with E-state index in [2.05, 4.69) is 10.1 Å². The average Bonchev–Trinajstić information content (AvgIpc) is 2.47. The number of amides is 1. The van der Waals surface area contributed by atoms with E-state index in [0.29, 0.717) is 25.4 Å². The number of likely N-dealkylation sites (tertiary alicyclic amines) is 1. The maximum absolute atomic E-state index is 12.0. The Morgan fingerprint density at radius 2 is 1.91 bits per heavy atom. The molecule has 1 fully saturated rings. The van der Waals surface area contributed by atoms with E-state index in [9.17, 15) is 14.4 Å². The number of hydrogen-bond donors (Lipinski definition) is 1. The van der Waals surface area contributed by atoms with Gasteiger partial charge in [-0.25, -0.2) is 4.79 Å². The molecule has 23 heavy (non-hydrogen) atoms. The van der Waals surface area contributed by atoms with Crippen LogP contribution in [-0.2, 0) is 19.1 Å². The lowest BCUT2D eigenvalue weighted by molar-refractivity contribution is -0.151. The summed E-state index contributed by atoms with van der Waals surface area (Å²) in [6, 6.07) is 0.162. The second-order valence-corrected chi connectivity index (χ2v) is 6.82. The van der Waals surface area contributed by atoms with Crippen molar-refractivity contribution in [2.24, 2.45) is 5.92 Å². The molecule has 0 aromatic rings. The van der Waals surface area contributed by atoms with Crippen molar-refractivity contribution in [3.05, 3.63) is 0 Å². The lowest BCUT2D eigenvalue weighted by Gasteiger charge is -2.36. The van der Waals surface area contributed by atoms with Crippen molar-refractivity contribution in [3.8, 4) is 0 Å². The maximum atomic E-state index is 12.0. The Hall–Kier alpha value is -1.63. The summed E-state index contributed by atoms with van der Waals surface area (Å²) >= 11 is 0. The van der Waals surface area contributed by atoms with Crippen LogP contribution in [0.15, 0.2) is 0 Å². The average molecular weight is 328 g/mol. The summed E-state index contributed by atoms with van der Waals surface area (Å²) in [6.07, 6.45) is 2.25. The number of nitrogens with one attached hydrogen (secondary N) is 1. The molecule has 0 saturated carbocycles. The highest BCUT2D eigenvalue weighted by Crippen LogP contribution is 2.24. The van der Waals surface area contributed by atoms with Gasteiger partial charge in [0.25, 0.3) is 0 Å². The van der Waals surface area contributed by atoms with Crippen LogP contribution in [0.2, 0.25) is 0 Å². The van der Waals surface area contributed by atoms with Crippen LogP contribution in [0.5, 0.6) is 0 Å². The number of carbonyl (C=O) groups is 3. The highest BCUT2D eigenvalue weighted by Gasteiger charge is 2.30. The molecule has 1 rings (SSSR count). The number of carbonyl (C=O) groups excluding carboxylic acids is 3. The molecule has 132 valence electrons. The first kappa shape index (κ1) is 19.4. The minimum atomic E-state index is -0.508. The molecule has 1 aliphatic rings. The number of esters is 1. The molecule has 0 aliphatic carbocycles. The molecule has 1 N–H and O–H groups in total. The van der Waals surface area contributed by atoms with Crippen molar-refractivity contribution in [2.45, 2.75) is 58.1 Å². The molecule has 1 saturated heterocycles. The summed E-state index contributed by atoms with van der Waals surface area (Å²) in [4.78, 5) is 35.2. The largest absolute Gasteiger partial charge is 0.444 e. The van der Waals surface area contributed by atoms with Crippen LogP contribution in [0.25, 0.3) is 0 Å². The predicted octanol–water partition coefficient (Wildman–Crippen LogP) is 1.70. The predicted molar refractivity (Wildman–Crippen MR) is 84.8 cm³/mol. The molecular formula is C16H28N2O5. The van der Waals surface area contributed by atoms with Crippen LogP contribution in [0.4, 0.5) is 4.79 Å². The molecule has 1 unspecified atom stereocenters. The van der Waals surface area contributed by atoms with Gasteiger partial charge >= 0.3 is 18.5 Å². The third-order valence-corrected chi connectivity index (χ3v) is 3.97. The summed E-state index contributed by atoms with van der Waals surface area (Å²) in [5.41, 5.74) is -0.486. The zero-order valence-corrected chi connectivity index (χ0v) is 14.5. The number of ether oxygens (including phenoxy) is 2. The summed E-state index contributed by atoms with van der Waals surface area (Å²) in [7, 11) is 1.86. The molecular weight excluding hydrogens is 300 g/mol. The van der Waals surface area contributed by atoms with E-state index >= 15 is 0 Å². The first-order chi connectivity index (χ1) is 10.8. The summed E-state index contributed by atoms with van der Waals surface area (Å²) in [5.74, 6) is -0.130. The van der Waals surface area contributed by atoms with Crippen LogP contribution in [0, 0.1) is 5.92 Å². The van der Waals surface area contributed by atoms with Gasteiger partial charge in [0.15, 0.2) is 0 Å². The molecule has 0 aromatic heterocycles. The maximum Gasteiger partial charge on any atom is 0.410 e. The van der Waals surface area contributed by atoms with E-state index < -0.39 is 11.6 Å². The summed E-state index contributed by atoms with van der Waals surface area (Å²) < 4.78 is 9.68. The Bertz CT molecular complexity index is 411. The fourth-order valence-corrected chi connectivity index (χ4v) is 2.81. The molecule has 1 heterocycles. The van der Waals surface area contributed by atoms with E-state index in [1.807, 2.05) is 27.8 Å². The van der Waals surface area contributed by atoms with Crippen molar-refractivity contribution in [1.29, 1.82) is 0 Å². The third kappa shape index (κ3) is 6.99. The van der Waals surface area contributed by atoms with E-state index in [4.69, 9.17) is 4.74 Å². The van der Waals surface area contributed by atoms with Gasteiger partial charge in [-0.05, 0) is 53.0 Å². The van der Waals surface area contributed by atoms with Gasteiger partial charge in [0.05, 0.1) is 0 Å². The third-order valence-electron chi connectivity index (χ3n) is 3.97. The van der Waals surface area contributed by atoms with Gasteiger partial charge in [0, 0.05) is 25.6 Å². The highest BCUT2D eigenvalue weighted by atomic mass is 16.6. The zero-order chi connectivity index (χ0) is 17.5.